The fraction of sp³-hybridized carbons (Fsp3) is 1.00. The minimum absolute atomic E-state index is 0. The molecule has 0 rings (SSSR count). The summed E-state index contributed by atoms with van der Waals surface area (Å²) >= 11 is 4.94. The summed E-state index contributed by atoms with van der Waals surface area (Å²) in [5.74, 6) is 0.347. The van der Waals surface area contributed by atoms with Gasteiger partial charge >= 0.3 is 21.7 Å². The molecule has 0 spiro atoms. The van der Waals surface area contributed by atoms with Gasteiger partial charge in [0.25, 0.3) is 0 Å². The van der Waals surface area contributed by atoms with Crippen LogP contribution in [0.4, 0.5) is 0 Å². The average Bonchev–Trinajstić information content (AvgIpc) is 1.37. The van der Waals surface area contributed by atoms with Crippen LogP contribution >= 0.6 is 11.6 Å². The van der Waals surface area contributed by atoms with Crippen LogP contribution in [0.5, 0.6) is 0 Å². The van der Waals surface area contributed by atoms with E-state index in [0.29, 0.717) is 5.88 Å². The van der Waals surface area contributed by atoms with Gasteiger partial charge in [0.05, 0.1) is 6.61 Å². The van der Waals surface area contributed by atoms with Crippen LogP contribution in [0.1, 0.15) is 0 Å². The number of aliphatic hydroxyl groups is 1. The fourth-order valence-electron chi connectivity index (χ4n) is 0. The molecule has 8 heavy (non-hydrogen) atoms. The number of aliphatic hydroxyl groups excluding tert-OH is 1. The summed E-state index contributed by atoms with van der Waals surface area (Å²) < 4.78 is 0. The molecule has 0 atom stereocenters. The topological polar surface area (TPSA) is 20.2 Å². The van der Waals surface area contributed by atoms with Crippen LogP contribution < -0.4 is 37.2 Å². The molecule has 1 nitrogen and oxygen atoms in total. The molecule has 0 amide bonds. The molecule has 1 radical (unpaired) electrons. The smallest absolute Gasteiger partial charge is 1.00 e. The summed E-state index contributed by atoms with van der Waals surface area (Å²) in [5, 5.41) is 7.74. The Morgan fingerprint density at radius 1 is 1.12 bits per heavy atom. The van der Waals surface area contributed by atoms with Gasteiger partial charge in [-0.15, -0.1) is 11.6 Å². The monoisotopic (exact) mass is 233 g/mol. The summed E-state index contributed by atoms with van der Waals surface area (Å²) in [6.45, 7) is 0.0849. The van der Waals surface area contributed by atoms with Crippen LogP contribution in [-0.4, -0.2) is 17.6 Å². The maximum atomic E-state index is 7.74. The van der Waals surface area contributed by atoms with E-state index in [1.165, 1.54) is 0 Å². The van der Waals surface area contributed by atoms with Gasteiger partial charge in [0.1, 0.15) is 0 Å². The van der Waals surface area contributed by atoms with Crippen LogP contribution in [0.3, 0.4) is 0 Å². The largest absolute Gasteiger partial charge is 3.00 e. The second kappa shape index (κ2) is 36.9. The third kappa shape index (κ3) is 45.6. The van der Waals surface area contributed by atoms with Crippen molar-refractivity contribution in [2.24, 2.45) is 0 Å². The zero-order valence-corrected chi connectivity index (χ0v) is 8.46. The molecule has 0 aliphatic heterocycles. The van der Waals surface area contributed by atoms with Crippen LogP contribution in [0.2, 0.25) is 0 Å². The van der Waals surface area contributed by atoms with Crippen molar-refractivity contribution in [3.05, 3.63) is 0 Å². The van der Waals surface area contributed by atoms with Gasteiger partial charge in [-0.1, -0.05) is 0 Å². The van der Waals surface area contributed by atoms with Gasteiger partial charge in [0, 0.05) is 5.88 Å². The molecule has 6 heteroatoms. The Morgan fingerprint density at radius 3 is 1.25 bits per heavy atom. The van der Waals surface area contributed by atoms with E-state index in [1.807, 2.05) is 0 Å². The second-order valence-electron chi connectivity index (χ2n) is 0.413. The molecular weight excluding hydrogens is 230 g/mol. The number of rotatable bonds is 1. The standard InChI is InChI=1S/C2H5ClO.3ClH.Ti/c3-1-2-4;;;;/h4H,1-2H2;3*1H;/q;;;;+3/p-3. The van der Waals surface area contributed by atoms with Crippen molar-refractivity contribution in [2.45, 2.75) is 0 Å². The maximum Gasteiger partial charge on any atom is 3.00 e. The van der Waals surface area contributed by atoms with E-state index in [4.69, 9.17) is 16.7 Å². The molecule has 0 aliphatic rings. The van der Waals surface area contributed by atoms with Gasteiger partial charge in [-0.2, -0.15) is 0 Å². The molecule has 1 N–H and O–H groups in total. The zero-order chi connectivity index (χ0) is 3.41. The summed E-state index contributed by atoms with van der Waals surface area (Å²) in [6.07, 6.45) is 0. The van der Waals surface area contributed by atoms with Crippen molar-refractivity contribution in [3.63, 3.8) is 0 Å². The van der Waals surface area contributed by atoms with Crippen molar-refractivity contribution < 1.29 is 64.0 Å². The Hall–Kier alpha value is 1.83. The van der Waals surface area contributed by atoms with Gasteiger partial charge in [0.15, 0.2) is 0 Å². The average molecular weight is 235 g/mol. The molecule has 0 bridgehead atoms. The van der Waals surface area contributed by atoms with Gasteiger partial charge in [-0.25, -0.2) is 0 Å². The molecule has 0 aromatic carbocycles. The molecule has 0 saturated heterocycles. The van der Waals surface area contributed by atoms with E-state index in [2.05, 4.69) is 0 Å². The molecule has 0 aromatic rings. The Balaban J connectivity index is -0.00000000750. The molecule has 0 unspecified atom stereocenters. The molecule has 0 heterocycles. The first kappa shape index (κ1) is 32.8. The first-order valence-corrected chi connectivity index (χ1v) is 1.62. The van der Waals surface area contributed by atoms with E-state index in [1.54, 1.807) is 0 Å². The Labute approximate surface area is 87.7 Å². The van der Waals surface area contributed by atoms with Gasteiger partial charge in [-0.05, 0) is 0 Å². The second-order valence-corrected chi connectivity index (χ2v) is 0.791. The van der Waals surface area contributed by atoms with E-state index in [9.17, 15) is 0 Å². The van der Waals surface area contributed by atoms with Crippen LogP contribution in [0.25, 0.3) is 0 Å². The molecule has 0 saturated carbocycles. The maximum absolute atomic E-state index is 7.74. The normalized spacial score (nSPS) is 3.75. The third-order valence-electron chi connectivity index (χ3n) is 0.0845. The van der Waals surface area contributed by atoms with Crippen LogP contribution in [0.15, 0.2) is 0 Å². The predicted molar refractivity (Wildman–Crippen MR) is 17.8 cm³/mol. The minimum atomic E-state index is 0. The quantitative estimate of drug-likeness (QED) is 0.353. The van der Waals surface area contributed by atoms with Crippen LogP contribution in [0, 0.1) is 0 Å². The van der Waals surface area contributed by atoms with Crippen molar-refractivity contribution in [1.29, 1.82) is 0 Å². The first-order valence-electron chi connectivity index (χ1n) is 1.08. The number of hydrogen-bond donors (Lipinski definition) is 1. The summed E-state index contributed by atoms with van der Waals surface area (Å²) in [4.78, 5) is 0. The SMILES string of the molecule is OCCCl.[Cl-].[Cl-].[Cl-].[Ti+3]. The first-order chi connectivity index (χ1) is 1.91. The van der Waals surface area contributed by atoms with Gasteiger partial charge in [-0.3, -0.25) is 0 Å². The van der Waals surface area contributed by atoms with Crippen molar-refractivity contribution in [3.8, 4) is 0 Å². The molecule has 0 aromatic heterocycles. The third-order valence-corrected chi connectivity index (χ3v) is 0.254. The summed E-state index contributed by atoms with van der Waals surface area (Å²) in [7, 11) is 0. The van der Waals surface area contributed by atoms with E-state index >= 15 is 0 Å². The number of alkyl halides is 1. The molecular formula is C2H5Cl4OTi. The number of hydrogen-bond acceptors (Lipinski definition) is 1. The van der Waals surface area contributed by atoms with E-state index in [-0.39, 0.29) is 65.5 Å². The Kier molecular flexibility index (Phi) is 151. The van der Waals surface area contributed by atoms with E-state index < -0.39 is 0 Å². The van der Waals surface area contributed by atoms with Crippen molar-refractivity contribution >= 4 is 11.6 Å². The molecule has 51 valence electrons. The zero-order valence-electron chi connectivity index (χ0n) is 3.87. The Morgan fingerprint density at radius 2 is 1.25 bits per heavy atom. The summed E-state index contributed by atoms with van der Waals surface area (Å²) in [6, 6.07) is 0. The molecule has 0 fully saturated rings. The van der Waals surface area contributed by atoms with E-state index in [0.717, 1.165) is 0 Å². The van der Waals surface area contributed by atoms with Crippen molar-refractivity contribution in [2.75, 3.05) is 12.5 Å². The molecule has 0 aliphatic carbocycles. The minimum Gasteiger partial charge on any atom is -1.00 e. The summed E-state index contributed by atoms with van der Waals surface area (Å²) in [5.41, 5.74) is 0. The van der Waals surface area contributed by atoms with Gasteiger partial charge < -0.3 is 42.3 Å². The van der Waals surface area contributed by atoms with Gasteiger partial charge in [0.2, 0.25) is 0 Å². The Bertz CT molecular complexity index is 16.0. The van der Waals surface area contributed by atoms with Crippen LogP contribution in [-0.2, 0) is 21.7 Å². The fourth-order valence-corrected chi connectivity index (χ4v) is 0. The number of halogens is 4. The predicted octanol–water partition coefficient (Wildman–Crippen LogP) is -8.77. The van der Waals surface area contributed by atoms with Crippen molar-refractivity contribution in [1.82, 2.24) is 0 Å².